The highest BCUT2D eigenvalue weighted by atomic mass is 16.5. The molecule has 3 heterocycles. The number of rotatable bonds is 6. The van der Waals surface area contributed by atoms with E-state index in [9.17, 15) is 19.2 Å². The zero-order valence-corrected chi connectivity index (χ0v) is 21.5. The van der Waals surface area contributed by atoms with Crippen LogP contribution in [0.1, 0.15) is 39.9 Å². The summed E-state index contributed by atoms with van der Waals surface area (Å²) in [6.07, 6.45) is 0.327. The van der Waals surface area contributed by atoms with Crippen molar-refractivity contribution in [2.75, 3.05) is 19.8 Å². The summed E-state index contributed by atoms with van der Waals surface area (Å²) in [6.45, 7) is 0.305. The molecule has 9 nitrogen and oxygen atoms in total. The quantitative estimate of drug-likeness (QED) is 0.318. The highest BCUT2D eigenvalue weighted by Crippen LogP contribution is 2.36. The lowest BCUT2D eigenvalue weighted by Gasteiger charge is -2.43. The molecule has 1 unspecified atom stereocenters. The molecule has 2 aromatic carbocycles. The third-order valence-electron chi connectivity index (χ3n) is 7.30. The molecular weight excluding hydrogens is 503 g/mol. The third kappa shape index (κ3) is 4.89. The Morgan fingerprint density at radius 3 is 2.38 bits per heavy atom. The maximum atomic E-state index is 13.1. The van der Waals surface area contributed by atoms with E-state index in [-0.39, 0.29) is 72.9 Å². The molecule has 2 aromatic rings. The number of imide groups is 1. The van der Waals surface area contributed by atoms with Crippen LogP contribution in [0.5, 0.6) is 5.75 Å². The third-order valence-corrected chi connectivity index (χ3v) is 7.30. The lowest BCUT2D eigenvalue weighted by molar-refractivity contribution is -0.145. The molecule has 0 aromatic heterocycles. The lowest BCUT2D eigenvalue weighted by Crippen LogP contribution is -2.56. The van der Waals surface area contributed by atoms with Crippen LogP contribution in [0.15, 0.2) is 30.3 Å². The SMILES string of the molecule is [B]c1cc(C([B])([B])N2CCOCC2=O)cc([B])c1C([B])([B])Oc1cccc2c1CN(C1CCC(=O)NC1=O)C2=O. The molecule has 1 N–H and O–H groups in total. The van der Waals surface area contributed by atoms with Crippen LogP contribution in [0.2, 0.25) is 0 Å². The fourth-order valence-electron chi connectivity index (χ4n) is 5.32. The molecule has 5 rings (SSSR count). The highest BCUT2D eigenvalue weighted by molar-refractivity contribution is 6.48. The largest absolute Gasteiger partial charge is 0.502 e. The lowest BCUT2D eigenvalue weighted by atomic mass is 9.52. The summed E-state index contributed by atoms with van der Waals surface area (Å²) in [5, 5.41) is -1.56. The van der Waals surface area contributed by atoms with Crippen LogP contribution in [0.25, 0.3) is 0 Å². The van der Waals surface area contributed by atoms with E-state index < -0.39 is 34.5 Å². The monoisotopic (exact) mass is 523 g/mol. The molecule has 40 heavy (non-hydrogen) atoms. The Morgan fingerprint density at radius 2 is 1.73 bits per heavy atom. The van der Waals surface area contributed by atoms with Gasteiger partial charge < -0.3 is 19.3 Å². The number of fused-ring (bicyclic) bond motifs is 1. The van der Waals surface area contributed by atoms with Crippen molar-refractivity contribution in [2.24, 2.45) is 0 Å². The topological polar surface area (TPSA) is 105 Å². The maximum Gasteiger partial charge on any atom is 0.255 e. The first kappa shape index (κ1) is 28.2. The number of hydrogen-bond acceptors (Lipinski definition) is 6. The molecule has 3 aliphatic heterocycles. The summed E-state index contributed by atoms with van der Waals surface area (Å²) in [5.41, 5.74) is 1.05. The number of benzene rings is 2. The van der Waals surface area contributed by atoms with E-state index >= 15 is 0 Å². The van der Waals surface area contributed by atoms with Crippen LogP contribution >= 0.6 is 0 Å². The molecule has 4 amide bonds. The second-order valence-corrected chi connectivity index (χ2v) is 10.0. The number of carbonyl (C=O) groups excluding carboxylic acids is 4. The summed E-state index contributed by atoms with van der Waals surface area (Å²) < 4.78 is 11.1. The number of ether oxygens (including phenoxy) is 2. The number of piperidine rings is 1. The van der Waals surface area contributed by atoms with Crippen LogP contribution in [-0.2, 0) is 36.4 Å². The Balaban J connectivity index is 1.42. The van der Waals surface area contributed by atoms with Gasteiger partial charge in [-0.25, -0.2) is 0 Å². The van der Waals surface area contributed by atoms with E-state index in [1.807, 2.05) is 0 Å². The van der Waals surface area contributed by atoms with Crippen LogP contribution in [-0.4, -0.2) is 106 Å². The molecule has 188 valence electrons. The van der Waals surface area contributed by atoms with Crippen molar-refractivity contribution >= 4 is 81.6 Å². The van der Waals surface area contributed by atoms with E-state index in [1.165, 1.54) is 21.9 Å². The molecule has 15 heteroatoms. The molecule has 2 fully saturated rings. The van der Waals surface area contributed by atoms with Gasteiger partial charge in [0.25, 0.3) is 5.91 Å². The number of amides is 4. The zero-order chi connectivity index (χ0) is 29.0. The number of nitrogens with zero attached hydrogens (tertiary/aromatic N) is 2. The minimum atomic E-state index is -2.08. The summed E-state index contributed by atoms with van der Waals surface area (Å²) >= 11 is 0. The Kier molecular flexibility index (Phi) is 7.23. The van der Waals surface area contributed by atoms with Gasteiger partial charge in [-0.2, -0.15) is 0 Å². The minimum Gasteiger partial charge on any atom is -0.502 e. The van der Waals surface area contributed by atoms with Crippen molar-refractivity contribution in [3.05, 3.63) is 52.6 Å². The van der Waals surface area contributed by atoms with Crippen molar-refractivity contribution in [3.63, 3.8) is 0 Å². The summed E-state index contributed by atoms with van der Waals surface area (Å²) in [7, 11) is 38.1. The molecule has 0 bridgehead atoms. The van der Waals surface area contributed by atoms with Crippen molar-refractivity contribution in [1.29, 1.82) is 0 Å². The van der Waals surface area contributed by atoms with E-state index in [0.717, 1.165) is 0 Å². The van der Waals surface area contributed by atoms with Crippen LogP contribution in [0, 0.1) is 0 Å². The Labute approximate surface area is 239 Å². The second kappa shape index (κ2) is 10.3. The second-order valence-electron chi connectivity index (χ2n) is 10.0. The fraction of sp³-hybridized carbons (Fsp3) is 0.360. The summed E-state index contributed by atoms with van der Waals surface area (Å²) in [4.78, 5) is 52.1. The van der Waals surface area contributed by atoms with E-state index in [1.54, 1.807) is 18.2 Å². The Bertz CT molecular complexity index is 1410. The number of morpholine rings is 1. The number of hydrogen-bond donors (Lipinski definition) is 1. The van der Waals surface area contributed by atoms with Crippen molar-refractivity contribution < 1.29 is 28.7 Å². The fourth-order valence-corrected chi connectivity index (χ4v) is 5.32. The molecular formula is C25H19B6N3O6. The molecule has 0 saturated carbocycles. The van der Waals surface area contributed by atoms with Crippen molar-refractivity contribution in [1.82, 2.24) is 15.1 Å². The molecule has 3 aliphatic rings. The zero-order valence-electron chi connectivity index (χ0n) is 21.5. The average Bonchev–Trinajstić information content (AvgIpc) is 3.20. The van der Waals surface area contributed by atoms with Gasteiger partial charge in [-0.15, -0.1) is 0 Å². The van der Waals surface area contributed by atoms with Gasteiger partial charge >= 0.3 is 0 Å². The van der Waals surface area contributed by atoms with Gasteiger partial charge in [0.05, 0.1) is 28.8 Å². The van der Waals surface area contributed by atoms with Crippen molar-refractivity contribution in [2.45, 2.75) is 36.2 Å². The Morgan fingerprint density at radius 1 is 1.02 bits per heavy atom. The van der Waals surface area contributed by atoms with Gasteiger partial charge in [-0.3, -0.25) is 24.5 Å². The smallest absolute Gasteiger partial charge is 0.255 e. The molecule has 1 atom stereocenters. The van der Waals surface area contributed by atoms with E-state index in [0.29, 0.717) is 11.1 Å². The molecule has 0 aliphatic carbocycles. The van der Waals surface area contributed by atoms with E-state index in [4.69, 9.17) is 56.6 Å². The molecule has 2 saturated heterocycles. The summed E-state index contributed by atoms with van der Waals surface area (Å²) in [5.74, 6) is -1.53. The van der Waals surface area contributed by atoms with Crippen LogP contribution in [0.3, 0.4) is 0 Å². The summed E-state index contributed by atoms with van der Waals surface area (Å²) in [6, 6.07) is 6.77. The van der Waals surface area contributed by atoms with E-state index in [2.05, 4.69) is 5.32 Å². The van der Waals surface area contributed by atoms with Gasteiger partial charge in [0.1, 0.15) is 49.8 Å². The average molecular weight is 522 g/mol. The molecule has 0 spiro atoms. The predicted molar refractivity (Wildman–Crippen MR) is 149 cm³/mol. The first-order valence-corrected chi connectivity index (χ1v) is 12.5. The van der Waals surface area contributed by atoms with Gasteiger partial charge in [0.2, 0.25) is 17.7 Å². The van der Waals surface area contributed by atoms with Crippen molar-refractivity contribution in [3.8, 4) is 5.75 Å². The number of carbonyl (C=O) groups is 4. The van der Waals surface area contributed by atoms with Gasteiger partial charge in [0.15, 0.2) is 0 Å². The highest BCUT2D eigenvalue weighted by Gasteiger charge is 2.41. The Hall–Kier alpha value is -3.33. The number of nitrogens with one attached hydrogen (secondary N) is 1. The predicted octanol–water partition coefficient (Wildman–Crippen LogP) is -3.13. The van der Waals surface area contributed by atoms with Gasteiger partial charge in [-0.05, 0) is 35.0 Å². The normalized spacial score (nSPS) is 19.9. The van der Waals surface area contributed by atoms with Crippen LogP contribution in [0.4, 0.5) is 0 Å². The van der Waals surface area contributed by atoms with Crippen LogP contribution < -0.4 is 21.0 Å². The standard InChI is InChI=1S/C25H19B6N3O6/c26-15-8-12(24(28,29)34-6-7-39-11-20(34)36)9-16(27)21(15)25(30,31)40-18-3-1-2-13-14(18)10-33(23(13)38)17-4-5-19(35)32-22(17)37/h1-3,8-9,17H,4-7,10-11H2,(H,32,35,37). The maximum absolute atomic E-state index is 13.1. The molecule has 12 radical (unpaired) electrons. The first-order chi connectivity index (χ1) is 18.8. The van der Waals surface area contributed by atoms with Gasteiger partial charge in [0, 0.05) is 29.5 Å². The first-order valence-electron chi connectivity index (χ1n) is 12.5. The van der Waals surface area contributed by atoms with Gasteiger partial charge in [-0.1, -0.05) is 29.1 Å². The minimum absolute atomic E-state index is 0.00908.